The van der Waals surface area contributed by atoms with Gasteiger partial charge >= 0.3 is 0 Å². The molecule has 0 aliphatic heterocycles. The zero-order chi connectivity index (χ0) is 32.8. The summed E-state index contributed by atoms with van der Waals surface area (Å²) in [6.07, 6.45) is 0. The summed E-state index contributed by atoms with van der Waals surface area (Å²) in [5.41, 5.74) is 15.4. The van der Waals surface area contributed by atoms with Gasteiger partial charge in [-0.15, -0.1) is 0 Å². The lowest BCUT2D eigenvalue weighted by Gasteiger charge is -2.26. The fraction of sp³-hybridized carbons (Fsp3) is 0. The van der Waals surface area contributed by atoms with E-state index in [2.05, 4.69) is 217 Å². The Balaban J connectivity index is 1.20. The zero-order valence-electron chi connectivity index (χ0n) is 27.2. The molecule has 8 rings (SSSR count). The van der Waals surface area contributed by atoms with Crippen molar-refractivity contribution in [2.75, 3.05) is 4.90 Å². The number of hydrogen-bond donors (Lipinski definition) is 0. The van der Waals surface area contributed by atoms with Crippen LogP contribution in [0.1, 0.15) is 0 Å². The van der Waals surface area contributed by atoms with Crippen LogP contribution in [0.15, 0.2) is 212 Å². The van der Waals surface area contributed by atoms with Crippen LogP contribution in [-0.4, -0.2) is 0 Å². The van der Waals surface area contributed by atoms with Crippen LogP contribution >= 0.6 is 0 Å². The van der Waals surface area contributed by atoms with Crippen LogP contribution in [0, 0.1) is 0 Å². The van der Waals surface area contributed by atoms with Crippen molar-refractivity contribution in [3.05, 3.63) is 212 Å². The molecule has 0 atom stereocenters. The van der Waals surface area contributed by atoms with Gasteiger partial charge in [-0.25, -0.2) is 0 Å². The second-order valence-corrected chi connectivity index (χ2v) is 12.2. The van der Waals surface area contributed by atoms with Crippen LogP contribution in [0.2, 0.25) is 0 Å². The minimum absolute atomic E-state index is 1.10. The number of hydrogen-bond acceptors (Lipinski definition) is 1. The average Bonchev–Trinajstić information content (AvgIpc) is 3.20. The van der Waals surface area contributed by atoms with Crippen LogP contribution in [0.25, 0.3) is 55.6 Å². The smallest absolute Gasteiger partial charge is 0.0467 e. The van der Waals surface area contributed by atoms with Crippen LogP contribution < -0.4 is 4.90 Å². The molecule has 8 aromatic carbocycles. The number of anilines is 3. The minimum Gasteiger partial charge on any atom is -0.310 e. The van der Waals surface area contributed by atoms with Crippen LogP contribution in [0.5, 0.6) is 0 Å². The molecule has 232 valence electrons. The van der Waals surface area contributed by atoms with Crippen molar-refractivity contribution in [1.82, 2.24) is 0 Å². The van der Waals surface area contributed by atoms with E-state index in [1.54, 1.807) is 0 Å². The predicted octanol–water partition coefficient (Wildman–Crippen LogP) is 13.5. The molecule has 8 aromatic rings. The third-order valence-corrected chi connectivity index (χ3v) is 9.11. The summed E-state index contributed by atoms with van der Waals surface area (Å²) in [5, 5.41) is 0. The number of benzene rings is 8. The first-order valence-electron chi connectivity index (χ1n) is 16.8. The molecular weight excluding hydrogens is 591 g/mol. The second kappa shape index (κ2) is 13.7. The van der Waals surface area contributed by atoms with Gasteiger partial charge in [0, 0.05) is 17.1 Å². The van der Waals surface area contributed by atoms with Gasteiger partial charge in [0.05, 0.1) is 0 Å². The molecular formula is C48H35N. The van der Waals surface area contributed by atoms with Crippen molar-refractivity contribution in [2.45, 2.75) is 0 Å². The quantitative estimate of drug-likeness (QED) is 0.162. The molecule has 0 aliphatic rings. The van der Waals surface area contributed by atoms with Crippen LogP contribution in [0.4, 0.5) is 17.1 Å². The summed E-state index contributed by atoms with van der Waals surface area (Å²) in [6.45, 7) is 0. The van der Waals surface area contributed by atoms with E-state index in [0.29, 0.717) is 0 Å². The average molecular weight is 626 g/mol. The lowest BCUT2D eigenvalue weighted by atomic mass is 9.94. The van der Waals surface area contributed by atoms with Gasteiger partial charge < -0.3 is 4.90 Å². The fourth-order valence-electron chi connectivity index (χ4n) is 6.69. The van der Waals surface area contributed by atoms with Gasteiger partial charge in [-0.3, -0.25) is 0 Å². The maximum absolute atomic E-state index is 2.35. The molecule has 0 amide bonds. The Morgan fingerprint density at radius 2 is 0.531 bits per heavy atom. The highest BCUT2D eigenvalue weighted by Crippen LogP contribution is 2.40. The van der Waals surface area contributed by atoms with Crippen LogP contribution in [0.3, 0.4) is 0 Å². The summed E-state index contributed by atoms with van der Waals surface area (Å²) < 4.78 is 0. The summed E-state index contributed by atoms with van der Waals surface area (Å²) >= 11 is 0. The first-order valence-corrected chi connectivity index (χ1v) is 16.8. The maximum Gasteiger partial charge on any atom is 0.0467 e. The molecule has 0 unspecified atom stereocenters. The number of nitrogens with zero attached hydrogens (tertiary/aromatic N) is 1. The Morgan fingerprint density at radius 1 is 0.204 bits per heavy atom. The highest BCUT2D eigenvalue weighted by Gasteiger charge is 2.16. The molecule has 49 heavy (non-hydrogen) atoms. The van der Waals surface area contributed by atoms with Gasteiger partial charge in [0.2, 0.25) is 0 Å². The molecule has 0 fully saturated rings. The van der Waals surface area contributed by atoms with Crippen molar-refractivity contribution >= 4 is 17.1 Å². The lowest BCUT2D eigenvalue weighted by molar-refractivity contribution is 1.28. The topological polar surface area (TPSA) is 3.24 Å². The van der Waals surface area contributed by atoms with E-state index in [9.17, 15) is 0 Å². The fourth-order valence-corrected chi connectivity index (χ4v) is 6.69. The Morgan fingerprint density at radius 3 is 0.939 bits per heavy atom. The predicted molar refractivity (Wildman–Crippen MR) is 208 cm³/mol. The van der Waals surface area contributed by atoms with E-state index in [-0.39, 0.29) is 0 Å². The first kappa shape index (κ1) is 29.9. The molecule has 0 saturated carbocycles. The molecule has 0 aliphatic carbocycles. The van der Waals surface area contributed by atoms with Gasteiger partial charge in [-0.1, -0.05) is 176 Å². The van der Waals surface area contributed by atoms with Crippen LogP contribution in [-0.2, 0) is 0 Å². The van der Waals surface area contributed by atoms with E-state index in [0.717, 1.165) is 17.1 Å². The summed E-state index contributed by atoms with van der Waals surface area (Å²) in [4.78, 5) is 2.35. The van der Waals surface area contributed by atoms with Gasteiger partial charge in [-0.05, 0) is 92.0 Å². The third-order valence-electron chi connectivity index (χ3n) is 9.11. The second-order valence-electron chi connectivity index (χ2n) is 12.2. The summed E-state index contributed by atoms with van der Waals surface area (Å²) in [6, 6.07) is 75.9. The van der Waals surface area contributed by atoms with Gasteiger partial charge in [0.1, 0.15) is 0 Å². The molecule has 1 heteroatoms. The lowest BCUT2D eigenvalue weighted by Crippen LogP contribution is -2.10. The summed E-state index contributed by atoms with van der Waals surface area (Å²) in [5.74, 6) is 0. The Bertz CT molecular complexity index is 2160. The molecule has 0 heterocycles. The van der Waals surface area contributed by atoms with Gasteiger partial charge in [-0.2, -0.15) is 0 Å². The molecule has 0 aromatic heterocycles. The molecule has 0 N–H and O–H groups in total. The van der Waals surface area contributed by atoms with Crippen molar-refractivity contribution in [3.8, 4) is 55.6 Å². The monoisotopic (exact) mass is 625 g/mol. The van der Waals surface area contributed by atoms with Crippen molar-refractivity contribution in [2.24, 2.45) is 0 Å². The number of rotatable bonds is 8. The highest BCUT2D eigenvalue weighted by atomic mass is 15.1. The normalized spacial score (nSPS) is 10.9. The Hall–Kier alpha value is -6.44. The molecule has 0 radical (unpaired) electrons. The standard InChI is InChI=1S/C48H35N/c1-4-15-36(16-5-1)41-21-14-22-44(35-41)49(42-31-27-39(28-32-42)47-25-12-10-23-45(47)37-17-6-2-7-18-37)43-33-29-40(30-34-43)48-26-13-11-24-46(48)38-19-8-3-9-20-38/h1-35H. The zero-order valence-corrected chi connectivity index (χ0v) is 27.2. The third kappa shape index (κ3) is 6.31. The molecule has 1 nitrogen and oxygen atoms in total. The minimum atomic E-state index is 1.10. The van der Waals surface area contributed by atoms with Gasteiger partial charge in [0.25, 0.3) is 0 Å². The largest absolute Gasteiger partial charge is 0.310 e. The van der Waals surface area contributed by atoms with Crippen molar-refractivity contribution < 1.29 is 0 Å². The SMILES string of the molecule is c1ccc(-c2cccc(N(c3ccc(-c4ccccc4-c4ccccc4)cc3)c3ccc(-c4ccccc4-c4ccccc4)cc3)c2)cc1. The van der Waals surface area contributed by atoms with Crippen molar-refractivity contribution in [3.63, 3.8) is 0 Å². The van der Waals surface area contributed by atoms with E-state index in [4.69, 9.17) is 0 Å². The molecule has 0 saturated heterocycles. The van der Waals surface area contributed by atoms with Gasteiger partial charge in [0.15, 0.2) is 0 Å². The molecule has 0 spiro atoms. The van der Waals surface area contributed by atoms with Crippen molar-refractivity contribution in [1.29, 1.82) is 0 Å². The Labute approximate surface area is 289 Å². The summed E-state index contributed by atoms with van der Waals surface area (Å²) in [7, 11) is 0. The first-order chi connectivity index (χ1) is 24.3. The Kier molecular flexibility index (Phi) is 8.39. The highest BCUT2D eigenvalue weighted by molar-refractivity contribution is 5.87. The van der Waals surface area contributed by atoms with E-state index >= 15 is 0 Å². The van der Waals surface area contributed by atoms with E-state index in [1.807, 2.05) is 0 Å². The molecule has 0 bridgehead atoms. The van der Waals surface area contributed by atoms with E-state index < -0.39 is 0 Å². The maximum atomic E-state index is 2.35. The van der Waals surface area contributed by atoms with E-state index in [1.165, 1.54) is 55.6 Å².